The van der Waals surface area contributed by atoms with E-state index in [0.29, 0.717) is 6.54 Å². The predicted octanol–water partition coefficient (Wildman–Crippen LogP) is 2.22. The Morgan fingerprint density at radius 3 is 2.61 bits per heavy atom. The summed E-state index contributed by atoms with van der Waals surface area (Å²) in [6, 6.07) is 14.4. The number of pyridine rings is 1. The summed E-state index contributed by atoms with van der Waals surface area (Å²) in [5, 5.41) is 0. The SMILES string of the molecule is CN(Cc1ccccn1)c1ccccc1CCN. The summed E-state index contributed by atoms with van der Waals surface area (Å²) in [4.78, 5) is 6.57. The van der Waals surface area contributed by atoms with Gasteiger partial charge in [-0.15, -0.1) is 0 Å². The van der Waals surface area contributed by atoms with Gasteiger partial charge in [0.2, 0.25) is 0 Å². The summed E-state index contributed by atoms with van der Waals surface area (Å²) in [6.45, 7) is 1.48. The van der Waals surface area contributed by atoms with Gasteiger partial charge in [0, 0.05) is 18.9 Å². The van der Waals surface area contributed by atoms with E-state index < -0.39 is 0 Å². The lowest BCUT2D eigenvalue weighted by Gasteiger charge is -2.22. The summed E-state index contributed by atoms with van der Waals surface area (Å²) < 4.78 is 0. The molecule has 1 aromatic heterocycles. The third-order valence-corrected chi connectivity index (χ3v) is 2.94. The number of para-hydroxylation sites is 1. The molecule has 2 aromatic rings. The second kappa shape index (κ2) is 6.17. The van der Waals surface area contributed by atoms with Crippen LogP contribution in [0.4, 0.5) is 5.69 Å². The largest absolute Gasteiger partial charge is 0.368 e. The zero-order chi connectivity index (χ0) is 12.8. The molecule has 3 heteroatoms. The Hall–Kier alpha value is -1.87. The van der Waals surface area contributed by atoms with Crippen LogP contribution >= 0.6 is 0 Å². The Morgan fingerprint density at radius 1 is 1.11 bits per heavy atom. The zero-order valence-electron chi connectivity index (χ0n) is 10.7. The molecule has 0 saturated carbocycles. The van der Waals surface area contributed by atoms with Crippen LogP contribution in [0.2, 0.25) is 0 Å². The molecule has 0 aliphatic heterocycles. The molecule has 0 amide bonds. The normalized spacial score (nSPS) is 10.3. The van der Waals surface area contributed by atoms with Gasteiger partial charge >= 0.3 is 0 Å². The van der Waals surface area contributed by atoms with Crippen LogP contribution in [-0.4, -0.2) is 18.6 Å². The van der Waals surface area contributed by atoms with Gasteiger partial charge < -0.3 is 10.6 Å². The van der Waals surface area contributed by atoms with Gasteiger partial charge in [0.25, 0.3) is 0 Å². The van der Waals surface area contributed by atoms with Crippen LogP contribution in [0.5, 0.6) is 0 Å². The fourth-order valence-electron chi connectivity index (χ4n) is 2.07. The summed E-state index contributed by atoms with van der Waals surface area (Å²) in [5.74, 6) is 0. The van der Waals surface area contributed by atoms with Gasteiger partial charge in [0.1, 0.15) is 0 Å². The van der Waals surface area contributed by atoms with Crippen molar-refractivity contribution in [1.82, 2.24) is 4.98 Å². The quantitative estimate of drug-likeness (QED) is 0.872. The smallest absolute Gasteiger partial charge is 0.0598 e. The number of hydrogen-bond donors (Lipinski definition) is 1. The predicted molar refractivity (Wildman–Crippen MR) is 75.5 cm³/mol. The number of hydrogen-bond acceptors (Lipinski definition) is 3. The van der Waals surface area contributed by atoms with E-state index in [4.69, 9.17) is 5.73 Å². The topological polar surface area (TPSA) is 42.2 Å². The van der Waals surface area contributed by atoms with Crippen molar-refractivity contribution < 1.29 is 0 Å². The average molecular weight is 241 g/mol. The maximum absolute atomic E-state index is 5.65. The Kier molecular flexibility index (Phi) is 4.31. The van der Waals surface area contributed by atoms with E-state index in [1.807, 2.05) is 24.4 Å². The van der Waals surface area contributed by atoms with Gasteiger partial charge in [-0.2, -0.15) is 0 Å². The highest BCUT2D eigenvalue weighted by molar-refractivity contribution is 5.53. The third-order valence-electron chi connectivity index (χ3n) is 2.94. The Labute approximate surface area is 108 Å². The van der Waals surface area contributed by atoms with Crippen molar-refractivity contribution in [3.63, 3.8) is 0 Å². The van der Waals surface area contributed by atoms with E-state index in [-0.39, 0.29) is 0 Å². The van der Waals surface area contributed by atoms with Crippen molar-refractivity contribution in [3.05, 3.63) is 59.9 Å². The number of nitrogens with two attached hydrogens (primary N) is 1. The maximum atomic E-state index is 5.65. The molecule has 0 saturated heterocycles. The molecule has 0 atom stereocenters. The molecule has 2 N–H and O–H groups in total. The number of nitrogens with zero attached hydrogens (tertiary/aromatic N) is 2. The van der Waals surface area contributed by atoms with Gasteiger partial charge in [0.15, 0.2) is 0 Å². The highest BCUT2D eigenvalue weighted by Crippen LogP contribution is 2.20. The van der Waals surface area contributed by atoms with E-state index in [0.717, 1.165) is 18.7 Å². The van der Waals surface area contributed by atoms with Crippen LogP contribution < -0.4 is 10.6 Å². The minimum Gasteiger partial charge on any atom is -0.368 e. The second-order valence-electron chi connectivity index (χ2n) is 4.34. The molecule has 0 bridgehead atoms. The van der Waals surface area contributed by atoms with Gasteiger partial charge in [-0.3, -0.25) is 4.98 Å². The van der Waals surface area contributed by atoms with Gasteiger partial charge in [-0.25, -0.2) is 0 Å². The van der Waals surface area contributed by atoms with Crippen LogP contribution in [0, 0.1) is 0 Å². The Bertz CT molecular complexity index is 482. The molecule has 0 aliphatic rings. The third kappa shape index (κ3) is 3.08. The molecule has 0 spiro atoms. The number of anilines is 1. The van der Waals surface area contributed by atoms with Crippen LogP contribution in [0.15, 0.2) is 48.7 Å². The number of rotatable bonds is 5. The van der Waals surface area contributed by atoms with E-state index in [1.54, 1.807) is 0 Å². The molecule has 0 unspecified atom stereocenters. The van der Waals surface area contributed by atoms with E-state index in [9.17, 15) is 0 Å². The molecule has 2 rings (SSSR count). The lowest BCUT2D eigenvalue weighted by atomic mass is 10.1. The van der Waals surface area contributed by atoms with E-state index in [1.165, 1.54) is 11.3 Å². The first kappa shape index (κ1) is 12.6. The zero-order valence-corrected chi connectivity index (χ0v) is 10.7. The second-order valence-corrected chi connectivity index (χ2v) is 4.34. The number of aromatic nitrogens is 1. The summed E-state index contributed by atoms with van der Waals surface area (Å²) in [6.07, 6.45) is 2.73. The lowest BCUT2D eigenvalue weighted by Crippen LogP contribution is -2.19. The molecular formula is C15H19N3. The van der Waals surface area contributed by atoms with Gasteiger partial charge in [-0.1, -0.05) is 24.3 Å². The summed E-state index contributed by atoms with van der Waals surface area (Å²) in [7, 11) is 2.09. The van der Waals surface area contributed by atoms with Crippen molar-refractivity contribution in [2.45, 2.75) is 13.0 Å². The van der Waals surface area contributed by atoms with Crippen molar-refractivity contribution in [2.24, 2.45) is 5.73 Å². The van der Waals surface area contributed by atoms with Crippen molar-refractivity contribution >= 4 is 5.69 Å². The lowest BCUT2D eigenvalue weighted by molar-refractivity contribution is 0.866. The van der Waals surface area contributed by atoms with Crippen LogP contribution in [0.3, 0.4) is 0 Å². The van der Waals surface area contributed by atoms with Crippen molar-refractivity contribution in [1.29, 1.82) is 0 Å². The fourth-order valence-corrected chi connectivity index (χ4v) is 2.07. The molecule has 1 aromatic carbocycles. The Morgan fingerprint density at radius 2 is 1.89 bits per heavy atom. The molecule has 0 aliphatic carbocycles. The first-order valence-corrected chi connectivity index (χ1v) is 6.20. The standard InChI is InChI=1S/C15H19N3/c1-18(12-14-7-4-5-11-17-14)15-8-3-2-6-13(15)9-10-16/h2-8,11H,9-10,12,16H2,1H3. The molecule has 3 nitrogen and oxygen atoms in total. The highest BCUT2D eigenvalue weighted by Gasteiger charge is 2.07. The van der Waals surface area contributed by atoms with Crippen LogP contribution in [-0.2, 0) is 13.0 Å². The molecule has 0 fully saturated rings. The number of benzene rings is 1. The van der Waals surface area contributed by atoms with Gasteiger partial charge in [0.05, 0.1) is 12.2 Å². The van der Waals surface area contributed by atoms with E-state index >= 15 is 0 Å². The first-order valence-electron chi connectivity index (χ1n) is 6.20. The molecule has 94 valence electrons. The summed E-state index contributed by atoms with van der Waals surface area (Å²) >= 11 is 0. The molecule has 1 heterocycles. The van der Waals surface area contributed by atoms with Crippen molar-refractivity contribution in [2.75, 3.05) is 18.5 Å². The maximum Gasteiger partial charge on any atom is 0.0598 e. The fraction of sp³-hybridized carbons (Fsp3) is 0.267. The molecule has 18 heavy (non-hydrogen) atoms. The van der Waals surface area contributed by atoms with Crippen molar-refractivity contribution in [3.8, 4) is 0 Å². The minimum absolute atomic E-state index is 0.675. The monoisotopic (exact) mass is 241 g/mol. The molecular weight excluding hydrogens is 222 g/mol. The summed E-state index contributed by atoms with van der Waals surface area (Å²) in [5.41, 5.74) is 9.24. The van der Waals surface area contributed by atoms with Crippen LogP contribution in [0.25, 0.3) is 0 Å². The van der Waals surface area contributed by atoms with Gasteiger partial charge in [-0.05, 0) is 36.7 Å². The van der Waals surface area contributed by atoms with E-state index in [2.05, 4.69) is 41.2 Å². The highest BCUT2D eigenvalue weighted by atomic mass is 15.1. The van der Waals surface area contributed by atoms with Crippen LogP contribution in [0.1, 0.15) is 11.3 Å². The first-order chi connectivity index (χ1) is 8.81. The average Bonchev–Trinajstić information content (AvgIpc) is 2.41. The molecule has 0 radical (unpaired) electrons. The minimum atomic E-state index is 0.675. The Balaban J connectivity index is 2.16.